The fourth-order valence-corrected chi connectivity index (χ4v) is 2.63. The molecule has 0 aromatic carbocycles. The molecule has 0 radical (unpaired) electrons. The highest BCUT2D eigenvalue weighted by Gasteiger charge is 2.26. The fraction of sp³-hybridized carbons (Fsp3) is 0.625. The van der Waals surface area contributed by atoms with Crippen molar-refractivity contribution in [1.29, 1.82) is 0 Å². The number of aryl methyl sites for hydroxylation is 1. The lowest BCUT2D eigenvalue weighted by Gasteiger charge is -2.34. The van der Waals surface area contributed by atoms with E-state index in [1.54, 1.807) is 11.0 Å². The number of nitrogens with one attached hydrogen (secondary N) is 1. The average Bonchev–Trinajstić information content (AvgIpc) is 2.41. The average molecular weight is 326 g/mol. The zero-order valence-electron chi connectivity index (χ0n) is 13.6. The molecule has 0 saturated carbocycles. The molecule has 1 saturated heterocycles. The van der Waals surface area contributed by atoms with Crippen molar-refractivity contribution in [3.05, 3.63) is 23.0 Å². The summed E-state index contributed by atoms with van der Waals surface area (Å²) in [4.78, 5) is 18.0. The number of aromatic nitrogens is 1. The van der Waals surface area contributed by atoms with Gasteiger partial charge in [-0.2, -0.15) is 0 Å². The molecule has 0 unspecified atom stereocenters. The topological polar surface area (TPSA) is 54.5 Å². The summed E-state index contributed by atoms with van der Waals surface area (Å²) in [6.45, 7) is 8.99. The van der Waals surface area contributed by atoms with Crippen LogP contribution in [0.15, 0.2) is 12.1 Å². The minimum Gasteiger partial charge on any atom is -0.444 e. The first-order chi connectivity index (χ1) is 10.2. The first-order valence-corrected chi connectivity index (χ1v) is 8.00. The second kappa shape index (κ2) is 6.73. The van der Waals surface area contributed by atoms with E-state index in [-0.39, 0.29) is 6.09 Å². The Morgan fingerprint density at radius 3 is 2.55 bits per heavy atom. The minimum atomic E-state index is -0.446. The predicted molar refractivity (Wildman–Crippen MR) is 88.4 cm³/mol. The molecule has 0 bridgehead atoms. The Balaban J connectivity index is 1.86. The van der Waals surface area contributed by atoms with Crippen LogP contribution in [0.4, 0.5) is 10.5 Å². The number of hydrogen-bond donors (Lipinski definition) is 1. The summed E-state index contributed by atoms with van der Waals surface area (Å²) in [6, 6.07) is 4.07. The van der Waals surface area contributed by atoms with Crippen molar-refractivity contribution in [2.24, 2.45) is 0 Å². The van der Waals surface area contributed by atoms with E-state index in [0.29, 0.717) is 24.3 Å². The maximum Gasteiger partial charge on any atom is 0.410 e. The van der Waals surface area contributed by atoms with Gasteiger partial charge >= 0.3 is 6.09 Å². The summed E-state index contributed by atoms with van der Waals surface area (Å²) in [6.07, 6.45) is 1.55. The molecule has 1 aliphatic rings. The summed E-state index contributed by atoms with van der Waals surface area (Å²) >= 11 is 5.87. The summed E-state index contributed by atoms with van der Waals surface area (Å²) < 4.78 is 5.40. The third kappa shape index (κ3) is 4.77. The number of carbonyl (C=O) groups excluding carboxylic acids is 1. The maximum atomic E-state index is 12.0. The predicted octanol–water partition coefficient (Wildman–Crippen LogP) is 3.85. The Labute approximate surface area is 137 Å². The smallest absolute Gasteiger partial charge is 0.410 e. The van der Waals surface area contributed by atoms with Crippen molar-refractivity contribution in [3.63, 3.8) is 0 Å². The van der Waals surface area contributed by atoms with Crippen LogP contribution in [-0.4, -0.2) is 40.7 Å². The summed E-state index contributed by atoms with van der Waals surface area (Å²) in [7, 11) is 0. The number of likely N-dealkylation sites (tertiary alicyclic amines) is 1. The van der Waals surface area contributed by atoms with Gasteiger partial charge in [0.1, 0.15) is 10.8 Å². The van der Waals surface area contributed by atoms with Crippen LogP contribution in [0.5, 0.6) is 0 Å². The standard InChI is InChI=1S/C16H24ClN3O2/c1-11-13(5-6-14(17)18-11)19-12-7-9-20(10-8-12)15(21)22-16(2,3)4/h5-6,12,19H,7-10H2,1-4H3. The van der Waals surface area contributed by atoms with Crippen LogP contribution in [0.2, 0.25) is 5.15 Å². The Kier molecular flexibility index (Phi) is 5.16. The largest absolute Gasteiger partial charge is 0.444 e. The maximum absolute atomic E-state index is 12.0. The summed E-state index contributed by atoms with van der Waals surface area (Å²) in [5.74, 6) is 0. The minimum absolute atomic E-state index is 0.227. The Hall–Kier alpha value is -1.49. The Morgan fingerprint density at radius 2 is 2.00 bits per heavy atom. The third-order valence-electron chi connectivity index (χ3n) is 3.56. The van der Waals surface area contributed by atoms with Crippen LogP contribution in [0.3, 0.4) is 0 Å². The second-order valence-electron chi connectivity index (χ2n) is 6.65. The van der Waals surface area contributed by atoms with E-state index < -0.39 is 5.60 Å². The number of anilines is 1. The highest BCUT2D eigenvalue weighted by molar-refractivity contribution is 6.29. The van der Waals surface area contributed by atoms with E-state index in [1.165, 1.54) is 0 Å². The molecule has 1 amide bonds. The zero-order valence-corrected chi connectivity index (χ0v) is 14.4. The number of hydrogen-bond acceptors (Lipinski definition) is 4. The monoisotopic (exact) mass is 325 g/mol. The number of amides is 1. The lowest BCUT2D eigenvalue weighted by molar-refractivity contribution is 0.0210. The molecule has 1 aromatic rings. The van der Waals surface area contributed by atoms with Gasteiger partial charge in [0.2, 0.25) is 0 Å². The molecule has 122 valence electrons. The van der Waals surface area contributed by atoms with Crippen molar-refractivity contribution in [3.8, 4) is 0 Å². The number of halogens is 1. The van der Waals surface area contributed by atoms with Gasteiger partial charge in [0.25, 0.3) is 0 Å². The molecule has 1 aromatic heterocycles. The zero-order chi connectivity index (χ0) is 16.3. The molecular weight excluding hydrogens is 302 g/mol. The van der Waals surface area contributed by atoms with E-state index in [1.807, 2.05) is 33.8 Å². The third-order valence-corrected chi connectivity index (χ3v) is 3.77. The molecule has 2 rings (SSSR count). The van der Waals surface area contributed by atoms with Crippen LogP contribution in [0, 0.1) is 6.92 Å². The Bertz CT molecular complexity index is 535. The molecule has 5 nitrogen and oxygen atoms in total. The summed E-state index contributed by atoms with van der Waals surface area (Å²) in [5.41, 5.74) is 1.44. The van der Waals surface area contributed by atoms with Gasteiger partial charge in [-0.1, -0.05) is 11.6 Å². The van der Waals surface area contributed by atoms with Gasteiger partial charge in [-0.3, -0.25) is 0 Å². The molecule has 1 aliphatic heterocycles. The van der Waals surface area contributed by atoms with Gasteiger partial charge in [-0.25, -0.2) is 9.78 Å². The van der Waals surface area contributed by atoms with Crippen LogP contribution in [0.25, 0.3) is 0 Å². The van der Waals surface area contributed by atoms with Gasteiger partial charge in [0.15, 0.2) is 0 Å². The fourth-order valence-electron chi connectivity index (χ4n) is 2.44. The van der Waals surface area contributed by atoms with Crippen molar-refractivity contribution >= 4 is 23.4 Å². The first-order valence-electron chi connectivity index (χ1n) is 7.62. The number of pyridine rings is 1. The van der Waals surface area contributed by atoms with Crippen molar-refractivity contribution in [1.82, 2.24) is 9.88 Å². The van der Waals surface area contributed by atoms with E-state index in [9.17, 15) is 4.79 Å². The molecular formula is C16H24ClN3O2. The van der Waals surface area contributed by atoms with Gasteiger partial charge < -0.3 is 15.0 Å². The number of nitrogens with zero attached hydrogens (tertiary/aromatic N) is 2. The SMILES string of the molecule is Cc1nc(Cl)ccc1NC1CCN(C(=O)OC(C)(C)C)CC1. The molecule has 1 fully saturated rings. The highest BCUT2D eigenvalue weighted by Crippen LogP contribution is 2.21. The van der Waals surface area contributed by atoms with E-state index in [4.69, 9.17) is 16.3 Å². The van der Waals surface area contributed by atoms with Crippen molar-refractivity contribution < 1.29 is 9.53 Å². The molecule has 2 heterocycles. The lowest BCUT2D eigenvalue weighted by atomic mass is 10.0. The summed E-state index contributed by atoms with van der Waals surface area (Å²) in [5, 5.41) is 3.99. The van der Waals surface area contributed by atoms with Crippen LogP contribution >= 0.6 is 11.6 Å². The normalized spacial score (nSPS) is 16.5. The Morgan fingerprint density at radius 1 is 1.36 bits per heavy atom. The van der Waals surface area contributed by atoms with E-state index in [0.717, 1.165) is 24.2 Å². The van der Waals surface area contributed by atoms with E-state index >= 15 is 0 Å². The van der Waals surface area contributed by atoms with Crippen LogP contribution in [-0.2, 0) is 4.74 Å². The highest BCUT2D eigenvalue weighted by atomic mass is 35.5. The van der Waals surface area contributed by atoms with Gasteiger partial charge in [-0.05, 0) is 52.7 Å². The van der Waals surface area contributed by atoms with Crippen molar-refractivity contribution in [2.75, 3.05) is 18.4 Å². The molecule has 0 spiro atoms. The van der Waals surface area contributed by atoms with Gasteiger partial charge in [0.05, 0.1) is 11.4 Å². The second-order valence-corrected chi connectivity index (χ2v) is 7.04. The molecule has 22 heavy (non-hydrogen) atoms. The molecule has 0 atom stereocenters. The lowest BCUT2D eigenvalue weighted by Crippen LogP contribution is -2.44. The number of rotatable bonds is 2. The molecule has 0 aliphatic carbocycles. The first kappa shape index (κ1) is 16.9. The quantitative estimate of drug-likeness (QED) is 0.839. The number of carbonyl (C=O) groups is 1. The van der Waals surface area contributed by atoms with Gasteiger partial charge in [0, 0.05) is 19.1 Å². The number of piperidine rings is 1. The number of ether oxygens (including phenoxy) is 1. The molecule has 6 heteroatoms. The van der Waals surface area contributed by atoms with Crippen LogP contribution < -0.4 is 5.32 Å². The van der Waals surface area contributed by atoms with E-state index in [2.05, 4.69) is 10.3 Å². The van der Waals surface area contributed by atoms with Crippen molar-refractivity contribution in [2.45, 2.75) is 52.2 Å². The van der Waals surface area contributed by atoms with Gasteiger partial charge in [-0.15, -0.1) is 0 Å². The molecule has 1 N–H and O–H groups in total. The van der Waals surface area contributed by atoms with Crippen LogP contribution in [0.1, 0.15) is 39.3 Å².